The van der Waals surface area contributed by atoms with Gasteiger partial charge in [0.25, 0.3) is 5.91 Å². The Balaban J connectivity index is 1.21. The van der Waals surface area contributed by atoms with Crippen LogP contribution in [0.25, 0.3) is 11.0 Å². The van der Waals surface area contributed by atoms with Crippen molar-refractivity contribution in [2.24, 2.45) is 0 Å². The molecule has 2 heterocycles. The SMILES string of the molecule is COC(=O)c1ccc(CO[C@H](CN2CCN(C(=O)c3ccc4nonc4c3)CC2)c2ccc(Cl)cc2)cc1. The number of aromatic nitrogens is 2. The van der Waals surface area contributed by atoms with Gasteiger partial charge in [-0.2, -0.15) is 0 Å². The number of nitrogens with zero attached hydrogens (tertiary/aromatic N) is 4. The van der Waals surface area contributed by atoms with Gasteiger partial charge in [-0.1, -0.05) is 35.9 Å². The molecule has 1 aliphatic heterocycles. The summed E-state index contributed by atoms with van der Waals surface area (Å²) >= 11 is 6.12. The Bertz CT molecular complexity index is 1400. The minimum absolute atomic E-state index is 0.0320. The Labute approximate surface area is 224 Å². The van der Waals surface area contributed by atoms with Crippen LogP contribution in [-0.4, -0.2) is 71.8 Å². The quantitative estimate of drug-likeness (QED) is 0.307. The summed E-state index contributed by atoms with van der Waals surface area (Å²) in [4.78, 5) is 28.9. The van der Waals surface area contributed by atoms with Crippen LogP contribution < -0.4 is 0 Å². The number of carbonyl (C=O) groups is 2. The molecule has 0 spiro atoms. The Hall–Kier alpha value is -3.79. The number of methoxy groups -OCH3 is 1. The Morgan fingerprint density at radius 2 is 1.61 bits per heavy atom. The second-order valence-electron chi connectivity index (χ2n) is 9.10. The number of esters is 1. The molecule has 1 aromatic heterocycles. The highest BCUT2D eigenvalue weighted by molar-refractivity contribution is 6.30. The van der Waals surface area contributed by atoms with E-state index in [1.165, 1.54) is 7.11 Å². The molecule has 0 N–H and O–H groups in total. The van der Waals surface area contributed by atoms with E-state index in [-0.39, 0.29) is 18.0 Å². The fourth-order valence-electron chi connectivity index (χ4n) is 4.45. The summed E-state index contributed by atoms with van der Waals surface area (Å²) in [5.41, 5.74) is 4.23. The van der Waals surface area contributed by atoms with E-state index in [1.54, 1.807) is 30.3 Å². The molecule has 1 atom stereocenters. The van der Waals surface area contributed by atoms with Crippen molar-refractivity contribution in [1.82, 2.24) is 20.1 Å². The van der Waals surface area contributed by atoms with E-state index >= 15 is 0 Å². The molecule has 0 saturated carbocycles. The van der Waals surface area contributed by atoms with Crippen molar-refractivity contribution >= 4 is 34.5 Å². The van der Waals surface area contributed by atoms with Crippen LogP contribution in [0.5, 0.6) is 0 Å². The largest absolute Gasteiger partial charge is 0.465 e. The number of halogens is 1. The van der Waals surface area contributed by atoms with Crippen molar-refractivity contribution < 1.29 is 23.7 Å². The number of hydrogen-bond donors (Lipinski definition) is 0. The van der Waals surface area contributed by atoms with E-state index in [0.717, 1.165) is 24.2 Å². The highest BCUT2D eigenvalue weighted by atomic mass is 35.5. The monoisotopic (exact) mass is 534 g/mol. The summed E-state index contributed by atoms with van der Waals surface area (Å²) in [6, 6.07) is 20.1. The Morgan fingerprint density at radius 1 is 0.921 bits per heavy atom. The number of benzene rings is 3. The van der Waals surface area contributed by atoms with Gasteiger partial charge in [0.15, 0.2) is 0 Å². The highest BCUT2D eigenvalue weighted by Gasteiger charge is 2.25. The van der Waals surface area contributed by atoms with Crippen LogP contribution in [0.1, 0.15) is 37.9 Å². The van der Waals surface area contributed by atoms with Gasteiger partial charge in [0, 0.05) is 43.3 Å². The topological polar surface area (TPSA) is 98.0 Å². The fraction of sp³-hybridized carbons (Fsp3) is 0.286. The van der Waals surface area contributed by atoms with Gasteiger partial charge in [-0.05, 0) is 63.9 Å². The molecule has 0 radical (unpaired) electrons. The number of hydrogen-bond acceptors (Lipinski definition) is 8. The molecular weight excluding hydrogens is 508 g/mol. The number of rotatable bonds is 8. The summed E-state index contributed by atoms with van der Waals surface area (Å²) in [6.07, 6.45) is -0.197. The van der Waals surface area contributed by atoms with E-state index in [0.29, 0.717) is 53.4 Å². The summed E-state index contributed by atoms with van der Waals surface area (Å²) in [7, 11) is 1.36. The van der Waals surface area contributed by atoms with Crippen molar-refractivity contribution in [2.45, 2.75) is 12.7 Å². The molecule has 0 bridgehead atoms. The van der Waals surface area contributed by atoms with Crippen molar-refractivity contribution in [3.63, 3.8) is 0 Å². The zero-order valence-electron chi connectivity index (χ0n) is 20.9. The first-order valence-electron chi connectivity index (χ1n) is 12.3. The van der Waals surface area contributed by atoms with E-state index < -0.39 is 0 Å². The lowest BCUT2D eigenvalue weighted by Crippen LogP contribution is -2.49. The molecule has 196 valence electrons. The third-order valence-electron chi connectivity index (χ3n) is 6.65. The van der Waals surface area contributed by atoms with E-state index in [9.17, 15) is 9.59 Å². The van der Waals surface area contributed by atoms with Gasteiger partial charge >= 0.3 is 5.97 Å². The minimum Gasteiger partial charge on any atom is -0.465 e. The van der Waals surface area contributed by atoms with E-state index in [4.69, 9.17) is 25.7 Å². The van der Waals surface area contributed by atoms with Crippen molar-refractivity contribution in [2.75, 3.05) is 39.8 Å². The number of ether oxygens (including phenoxy) is 2. The van der Waals surface area contributed by atoms with Gasteiger partial charge in [0.1, 0.15) is 11.0 Å². The molecule has 1 saturated heterocycles. The lowest BCUT2D eigenvalue weighted by Gasteiger charge is -2.36. The van der Waals surface area contributed by atoms with Crippen molar-refractivity contribution in [3.8, 4) is 0 Å². The standard InChI is InChI=1S/C28H27ClN4O5/c1-36-28(35)21-4-2-19(3-5-21)18-37-26(20-6-9-23(29)10-7-20)17-32-12-14-33(15-13-32)27(34)22-8-11-24-25(16-22)31-38-30-24/h2-11,16,26H,12-15,17-18H2,1H3/t26-/m1/s1. The molecule has 10 heteroatoms. The zero-order chi connectivity index (χ0) is 26.5. The van der Waals surface area contributed by atoms with Crippen LogP contribution in [0.4, 0.5) is 0 Å². The van der Waals surface area contributed by atoms with Gasteiger partial charge in [0.2, 0.25) is 0 Å². The number of carbonyl (C=O) groups excluding carboxylic acids is 2. The van der Waals surface area contributed by atoms with Gasteiger partial charge in [0.05, 0.1) is 25.4 Å². The lowest BCUT2D eigenvalue weighted by molar-refractivity contribution is 0.00341. The Kier molecular flexibility index (Phi) is 7.97. The number of piperazine rings is 1. The predicted octanol–water partition coefficient (Wildman–Crippen LogP) is 4.38. The van der Waals surface area contributed by atoms with Crippen LogP contribution in [0.2, 0.25) is 5.02 Å². The van der Waals surface area contributed by atoms with Crippen molar-refractivity contribution in [1.29, 1.82) is 0 Å². The fourth-order valence-corrected chi connectivity index (χ4v) is 4.58. The molecule has 38 heavy (non-hydrogen) atoms. The highest BCUT2D eigenvalue weighted by Crippen LogP contribution is 2.24. The summed E-state index contributed by atoms with van der Waals surface area (Å²) in [5, 5.41) is 8.29. The van der Waals surface area contributed by atoms with Crippen LogP contribution in [0, 0.1) is 0 Å². The molecule has 9 nitrogen and oxygen atoms in total. The average molecular weight is 535 g/mol. The maximum atomic E-state index is 13.1. The van der Waals surface area contributed by atoms with Crippen LogP contribution in [0.15, 0.2) is 71.4 Å². The normalized spacial score (nSPS) is 14.9. The van der Waals surface area contributed by atoms with Gasteiger partial charge < -0.3 is 14.4 Å². The molecule has 0 unspecified atom stereocenters. The van der Waals surface area contributed by atoms with Crippen molar-refractivity contribution in [3.05, 3.63) is 94.0 Å². The van der Waals surface area contributed by atoms with Crippen LogP contribution in [-0.2, 0) is 16.1 Å². The third kappa shape index (κ3) is 6.02. The van der Waals surface area contributed by atoms with Gasteiger partial charge in [-0.15, -0.1) is 0 Å². The lowest BCUT2D eigenvalue weighted by atomic mass is 10.1. The first-order valence-corrected chi connectivity index (χ1v) is 12.7. The Morgan fingerprint density at radius 3 is 2.32 bits per heavy atom. The molecule has 1 aliphatic rings. The number of amides is 1. The first-order chi connectivity index (χ1) is 18.5. The maximum absolute atomic E-state index is 13.1. The summed E-state index contributed by atoms with van der Waals surface area (Å²) in [6.45, 7) is 3.71. The predicted molar refractivity (Wildman–Crippen MR) is 141 cm³/mol. The molecule has 0 aliphatic carbocycles. The smallest absolute Gasteiger partial charge is 0.337 e. The van der Waals surface area contributed by atoms with Gasteiger partial charge in [-0.25, -0.2) is 9.42 Å². The third-order valence-corrected chi connectivity index (χ3v) is 6.90. The minimum atomic E-state index is -0.371. The maximum Gasteiger partial charge on any atom is 0.337 e. The zero-order valence-corrected chi connectivity index (χ0v) is 21.6. The summed E-state index contributed by atoms with van der Waals surface area (Å²) in [5.74, 6) is -0.403. The second kappa shape index (κ2) is 11.7. The van der Waals surface area contributed by atoms with E-state index in [1.807, 2.05) is 41.3 Å². The van der Waals surface area contributed by atoms with Crippen LogP contribution in [0.3, 0.4) is 0 Å². The molecule has 3 aromatic carbocycles. The second-order valence-corrected chi connectivity index (χ2v) is 9.54. The molecule has 4 aromatic rings. The molecule has 1 amide bonds. The molecule has 1 fully saturated rings. The van der Waals surface area contributed by atoms with Gasteiger partial charge in [-0.3, -0.25) is 9.69 Å². The van der Waals surface area contributed by atoms with E-state index in [2.05, 4.69) is 15.2 Å². The summed E-state index contributed by atoms with van der Waals surface area (Å²) < 4.78 is 15.9. The van der Waals surface area contributed by atoms with Crippen LogP contribution >= 0.6 is 11.6 Å². The molecule has 5 rings (SSSR count). The first kappa shape index (κ1) is 25.8. The number of fused-ring (bicyclic) bond motifs is 1. The molecular formula is C28H27ClN4O5. The average Bonchev–Trinajstić information content (AvgIpc) is 3.44.